The summed E-state index contributed by atoms with van der Waals surface area (Å²) in [5.41, 5.74) is 1.15. The highest BCUT2D eigenvalue weighted by Gasteiger charge is 2.27. The number of anilines is 1. The van der Waals surface area contributed by atoms with Gasteiger partial charge in [0.05, 0.1) is 12.3 Å². The molecule has 3 rings (SSSR count). The minimum atomic E-state index is -0.364. The quantitative estimate of drug-likeness (QED) is 0.871. The first kappa shape index (κ1) is 17.4. The van der Waals surface area contributed by atoms with E-state index in [4.69, 9.17) is 0 Å². The van der Waals surface area contributed by atoms with Gasteiger partial charge in [-0.2, -0.15) is 0 Å². The molecular weight excluding hydrogens is 318 g/mol. The Balaban J connectivity index is 1.46. The van der Waals surface area contributed by atoms with Gasteiger partial charge in [-0.15, -0.1) is 5.10 Å². The summed E-state index contributed by atoms with van der Waals surface area (Å²) in [6.07, 6.45) is 3.63. The lowest BCUT2D eigenvalue weighted by molar-refractivity contribution is 0.0689. The molecule has 0 bridgehead atoms. The molecule has 1 aromatic heterocycles. The zero-order valence-electron chi connectivity index (χ0n) is 14.5. The van der Waals surface area contributed by atoms with Crippen LogP contribution in [0.5, 0.6) is 0 Å². The molecule has 1 fully saturated rings. The zero-order chi connectivity index (χ0) is 17.6. The van der Waals surface area contributed by atoms with E-state index in [9.17, 15) is 9.90 Å². The van der Waals surface area contributed by atoms with Crippen LogP contribution in [0, 0.1) is 5.92 Å². The molecule has 0 radical (unpaired) electrons. The molecule has 134 valence electrons. The number of hydrogen-bond acceptors (Lipinski definition) is 4. The number of amides is 2. The van der Waals surface area contributed by atoms with Gasteiger partial charge in [0.25, 0.3) is 0 Å². The molecule has 7 heteroatoms. The number of aliphatic hydroxyl groups is 1. The molecule has 7 nitrogen and oxygen atoms in total. The number of benzene rings is 1. The SMILES string of the molecule is CCn1cc(NC(=O)N2CCC([C@@H](O)Cc3ccccc3)CC2)nn1. The van der Waals surface area contributed by atoms with Crippen LogP contribution in [0.2, 0.25) is 0 Å². The predicted molar refractivity (Wildman–Crippen MR) is 95.2 cm³/mol. The fraction of sp³-hybridized carbons (Fsp3) is 0.500. The lowest BCUT2D eigenvalue weighted by Gasteiger charge is -2.34. The van der Waals surface area contributed by atoms with Crippen molar-refractivity contribution < 1.29 is 9.90 Å². The fourth-order valence-electron chi connectivity index (χ4n) is 3.21. The van der Waals surface area contributed by atoms with E-state index in [1.165, 1.54) is 0 Å². The van der Waals surface area contributed by atoms with Gasteiger partial charge >= 0.3 is 6.03 Å². The zero-order valence-corrected chi connectivity index (χ0v) is 14.5. The van der Waals surface area contributed by atoms with E-state index in [1.807, 2.05) is 37.3 Å². The lowest BCUT2D eigenvalue weighted by Crippen LogP contribution is -2.43. The molecular formula is C18H25N5O2. The second-order valence-corrected chi connectivity index (χ2v) is 6.47. The molecule has 1 aliphatic rings. The summed E-state index contributed by atoms with van der Waals surface area (Å²) in [5, 5.41) is 21.1. The van der Waals surface area contributed by atoms with Crippen LogP contribution in [0.1, 0.15) is 25.3 Å². The Morgan fingerprint density at radius 1 is 1.32 bits per heavy atom. The molecule has 0 aliphatic carbocycles. The Bertz CT molecular complexity index is 680. The number of hydrogen-bond donors (Lipinski definition) is 2. The third kappa shape index (κ3) is 4.57. The van der Waals surface area contributed by atoms with Gasteiger partial charge in [-0.05, 0) is 37.7 Å². The number of aromatic nitrogens is 3. The number of carbonyl (C=O) groups is 1. The van der Waals surface area contributed by atoms with Crippen molar-refractivity contribution in [1.29, 1.82) is 0 Å². The van der Waals surface area contributed by atoms with E-state index in [0.29, 0.717) is 31.9 Å². The summed E-state index contributed by atoms with van der Waals surface area (Å²) in [4.78, 5) is 14.1. The highest BCUT2D eigenvalue weighted by Crippen LogP contribution is 2.23. The second kappa shape index (κ2) is 8.11. The van der Waals surface area contributed by atoms with Gasteiger partial charge in [0.1, 0.15) is 0 Å². The number of rotatable bonds is 5. The van der Waals surface area contributed by atoms with E-state index in [0.717, 1.165) is 18.4 Å². The number of likely N-dealkylation sites (tertiary alicyclic amines) is 1. The Kier molecular flexibility index (Phi) is 5.65. The smallest absolute Gasteiger partial charge is 0.323 e. The summed E-state index contributed by atoms with van der Waals surface area (Å²) in [5.74, 6) is 0.698. The van der Waals surface area contributed by atoms with E-state index in [2.05, 4.69) is 15.6 Å². The second-order valence-electron chi connectivity index (χ2n) is 6.47. The highest BCUT2D eigenvalue weighted by molar-refractivity contribution is 5.88. The first-order chi connectivity index (χ1) is 12.2. The van der Waals surface area contributed by atoms with Gasteiger partial charge in [-0.1, -0.05) is 35.5 Å². The third-order valence-corrected chi connectivity index (χ3v) is 4.76. The Labute approximate surface area is 147 Å². The lowest BCUT2D eigenvalue weighted by atomic mass is 9.88. The Hall–Kier alpha value is -2.41. The van der Waals surface area contributed by atoms with Crippen LogP contribution in [0.4, 0.5) is 10.6 Å². The minimum absolute atomic E-state index is 0.154. The third-order valence-electron chi connectivity index (χ3n) is 4.76. The molecule has 1 saturated heterocycles. The number of urea groups is 1. The van der Waals surface area contributed by atoms with E-state index < -0.39 is 0 Å². The van der Waals surface area contributed by atoms with Crippen LogP contribution in [0.3, 0.4) is 0 Å². The number of nitrogens with one attached hydrogen (secondary N) is 1. The van der Waals surface area contributed by atoms with Crippen molar-refractivity contribution in [1.82, 2.24) is 19.9 Å². The molecule has 1 aliphatic heterocycles. The number of aryl methyl sites for hydroxylation is 1. The number of nitrogens with zero attached hydrogens (tertiary/aromatic N) is 4. The van der Waals surface area contributed by atoms with Crippen LogP contribution in [-0.2, 0) is 13.0 Å². The summed E-state index contributed by atoms with van der Waals surface area (Å²) in [7, 11) is 0. The molecule has 2 N–H and O–H groups in total. The van der Waals surface area contributed by atoms with Gasteiger partial charge in [-0.25, -0.2) is 4.79 Å². The van der Waals surface area contributed by atoms with E-state index in [-0.39, 0.29) is 18.1 Å². The maximum atomic E-state index is 12.3. The van der Waals surface area contributed by atoms with E-state index in [1.54, 1.807) is 15.8 Å². The van der Waals surface area contributed by atoms with Gasteiger partial charge in [0.15, 0.2) is 5.82 Å². The summed E-state index contributed by atoms with van der Waals surface area (Å²) in [6, 6.07) is 9.88. The fourth-order valence-corrected chi connectivity index (χ4v) is 3.21. The first-order valence-electron chi connectivity index (χ1n) is 8.83. The van der Waals surface area contributed by atoms with Crippen molar-refractivity contribution in [2.45, 2.75) is 38.8 Å². The van der Waals surface area contributed by atoms with Gasteiger partial charge < -0.3 is 10.0 Å². The van der Waals surface area contributed by atoms with Crippen molar-refractivity contribution in [3.8, 4) is 0 Å². The molecule has 25 heavy (non-hydrogen) atoms. The Morgan fingerprint density at radius 2 is 2.04 bits per heavy atom. The van der Waals surface area contributed by atoms with Gasteiger partial charge in [0.2, 0.25) is 0 Å². The summed E-state index contributed by atoms with van der Waals surface area (Å²) in [6.45, 7) is 3.97. The maximum absolute atomic E-state index is 12.3. The minimum Gasteiger partial charge on any atom is -0.392 e. The average molecular weight is 343 g/mol. The standard InChI is InChI=1S/C18H25N5O2/c1-2-23-13-17(20-21-23)19-18(25)22-10-8-15(9-11-22)16(24)12-14-6-4-3-5-7-14/h3-7,13,15-16,24H,2,8-12H2,1H3,(H,19,25)/t16-/m0/s1. The van der Waals surface area contributed by atoms with Crippen LogP contribution >= 0.6 is 0 Å². The molecule has 0 saturated carbocycles. The van der Waals surface area contributed by atoms with Crippen LogP contribution in [0.15, 0.2) is 36.5 Å². The first-order valence-corrected chi connectivity index (χ1v) is 8.83. The molecule has 2 amide bonds. The van der Waals surface area contributed by atoms with Crippen molar-refractivity contribution in [3.63, 3.8) is 0 Å². The van der Waals surface area contributed by atoms with Crippen molar-refractivity contribution in [2.75, 3.05) is 18.4 Å². The normalized spacial score (nSPS) is 16.6. The van der Waals surface area contributed by atoms with Crippen molar-refractivity contribution >= 4 is 11.8 Å². The van der Waals surface area contributed by atoms with E-state index >= 15 is 0 Å². The molecule has 1 aromatic carbocycles. The van der Waals surface area contributed by atoms with Crippen LogP contribution in [-0.4, -0.2) is 50.2 Å². The van der Waals surface area contributed by atoms with Crippen LogP contribution < -0.4 is 5.32 Å². The molecule has 0 unspecified atom stereocenters. The van der Waals surface area contributed by atoms with Gasteiger partial charge in [-0.3, -0.25) is 10.00 Å². The maximum Gasteiger partial charge on any atom is 0.323 e. The monoisotopic (exact) mass is 343 g/mol. The topological polar surface area (TPSA) is 83.3 Å². The van der Waals surface area contributed by atoms with Crippen molar-refractivity contribution in [3.05, 3.63) is 42.1 Å². The van der Waals surface area contributed by atoms with Crippen molar-refractivity contribution in [2.24, 2.45) is 5.92 Å². The predicted octanol–water partition coefficient (Wildman–Crippen LogP) is 2.15. The molecule has 1 atom stereocenters. The molecule has 2 heterocycles. The molecule has 0 spiro atoms. The average Bonchev–Trinajstić information content (AvgIpc) is 3.10. The summed E-state index contributed by atoms with van der Waals surface area (Å²) < 4.78 is 1.67. The number of aliphatic hydroxyl groups excluding tert-OH is 1. The number of carbonyl (C=O) groups excluding carboxylic acids is 1. The Morgan fingerprint density at radius 3 is 2.68 bits per heavy atom. The summed E-state index contributed by atoms with van der Waals surface area (Å²) >= 11 is 0. The largest absolute Gasteiger partial charge is 0.392 e. The molecule has 2 aromatic rings. The highest BCUT2D eigenvalue weighted by atomic mass is 16.3. The number of piperidine rings is 1. The van der Waals surface area contributed by atoms with Crippen LogP contribution in [0.25, 0.3) is 0 Å². The van der Waals surface area contributed by atoms with Gasteiger partial charge in [0, 0.05) is 19.6 Å².